The van der Waals surface area contributed by atoms with Crippen molar-refractivity contribution in [3.05, 3.63) is 41.5 Å². The molecule has 1 aliphatic carbocycles. The highest BCUT2D eigenvalue weighted by atomic mass is 16.5. The molecule has 0 saturated heterocycles. The van der Waals surface area contributed by atoms with Gasteiger partial charge in [0.1, 0.15) is 5.75 Å². The lowest BCUT2D eigenvalue weighted by Gasteiger charge is -2.27. The first-order valence-electron chi connectivity index (χ1n) is 7.59. The fourth-order valence-corrected chi connectivity index (χ4v) is 3.29. The van der Waals surface area contributed by atoms with Crippen LogP contribution in [0.15, 0.2) is 30.3 Å². The van der Waals surface area contributed by atoms with Crippen LogP contribution in [0.2, 0.25) is 0 Å². The quantitative estimate of drug-likeness (QED) is 0.935. The second-order valence-corrected chi connectivity index (χ2v) is 5.68. The SMILES string of the molecule is CCCC(=O)N[C@H]1Cc2cccc3ccc(OC)c(c23)C1. The minimum absolute atomic E-state index is 0.146. The third-order valence-corrected chi connectivity index (χ3v) is 4.18. The number of hydrogen-bond acceptors (Lipinski definition) is 2. The third-order valence-electron chi connectivity index (χ3n) is 4.18. The van der Waals surface area contributed by atoms with Crippen molar-refractivity contribution < 1.29 is 9.53 Å². The van der Waals surface area contributed by atoms with Gasteiger partial charge in [-0.1, -0.05) is 31.2 Å². The summed E-state index contributed by atoms with van der Waals surface area (Å²) in [5.74, 6) is 1.07. The molecule has 0 fully saturated rings. The first-order chi connectivity index (χ1) is 10.2. The molecule has 0 radical (unpaired) electrons. The summed E-state index contributed by atoms with van der Waals surface area (Å²) < 4.78 is 5.52. The maximum absolute atomic E-state index is 11.9. The van der Waals surface area contributed by atoms with Crippen LogP contribution in [0.1, 0.15) is 30.9 Å². The number of methoxy groups -OCH3 is 1. The van der Waals surface area contributed by atoms with E-state index in [4.69, 9.17) is 4.74 Å². The number of nitrogens with one attached hydrogen (secondary N) is 1. The van der Waals surface area contributed by atoms with Crippen molar-refractivity contribution in [3.63, 3.8) is 0 Å². The Morgan fingerprint density at radius 2 is 2.14 bits per heavy atom. The van der Waals surface area contributed by atoms with Crippen molar-refractivity contribution in [2.24, 2.45) is 0 Å². The van der Waals surface area contributed by atoms with Crippen molar-refractivity contribution >= 4 is 16.7 Å². The summed E-state index contributed by atoms with van der Waals surface area (Å²) in [5.41, 5.74) is 2.52. The average molecular weight is 283 g/mol. The van der Waals surface area contributed by atoms with Crippen molar-refractivity contribution in [1.82, 2.24) is 5.32 Å². The highest BCUT2D eigenvalue weighted by molar-refractivity contribution is 5.92. The van der Waals surface area contributed by atoms with E-state index in [0.29, 0.717) is 6.42 Å². The number of amides is 1. The van der Waals surface area contributed by atoms with Crippen LogP contribution in [-0.4, -0.2) is 19.1 Å². The molecule has 0 aromatic heterocycles. The van der Waals surface area contributed by atoms with E-state index in [0.717, 1.165) is 25.0 Å². The molecule has 1 amide bonds. The van der Waals surface area contributed by atoms with Crippen LogP contribution in [0.4, 0.5) is 0 Å². The zero-order chi connectivity index (χ0) is 14.8. The topological polar surface area (TPSA) is 38.3 Å². The molecule has 3 heteroatoms. The van der Waals surface area contributed by atoms with Gasteiger partial charge in [0.2, 0.25) is 5.91 Å². The maximum Gasteiger partial charge on any atom is 0.220 e. The average Bonchev–Trinajstić information content (AvgIpc) is 2.48. The van der Waals surface area contributed by atoms with Gasteiger partial charge in [-0.3, -0.25) is 4.79 Å². The molecular weight excluding hydrogens is 262 g/mol. The van der Waals surface area contributed by atoms with E-state index >= 15 is 0 Å². The first kappa shape index (κ1) is 13.9. The van der Waals surface area contributed by atoms with Crippen LogP contribution in [0, 0.1) is 0 Å². The number of ether oxygens (including phenoxy) is 1. The van der Waals surface area contributed by atoms with Gasteiger partial charge in [-0.05, 0) is 41.7 Å². The smallest absolute Gasteiger partial charge is 0.220 e. The lowest BCUT2D eigenvalue weighted by Crippen LogP contribution is -2.39. The van der Waals surface area contributed by atoms with Gasteiger partial charge in [-0.15, -0.1) is 0 Å². The summed E-state index contributed by atoms with van der Waals surface area (Å²) in [6, 6.07) is 10.7. The zero-order valence-corrected chi connectivity index (χ0v) is 12.6. The molecule has 2 aromatic rings. The summed E-state index contributed by atoms with van der Waals surface area (Å²) in [7, 11) is 1.71. The van der Waals surface area contributed by atoms with E-state index in [1.54, 1.807) is 7.11 Å². The van der Waals surface area contributed by atoms with Crippen molar-refractivity contribution in [2.75, 3.05) is 7.11 Å². The zero-order valence-electron chi connectivity index (χ0n) is 12.6. The first-order valence-corrected chi connectivity index (χ1v) is 7.59. The molecule has 0 heterocycles. The highest BCUT2D eigenvalue weighted by Gasteiger charge is 2.24. The third kappa shape index (κ3) is 2.60. The second kappa shape index (κ2) is 5.76. The molecule has 3 rings (SSSR count). The maximum atomic E-state index is 11.9. The predicted octanol–water partition coefficient (Wildman–Crippen LogP) is 3.23. The molecule has 110 valence electrons. The van der Waals surface area contributed by atoms with Crippen LogP contribution < -0.4 is 10.1 Å². The van der Waals surface area contributed by atoms with Gasteiger partial charge in [0.05, 0.1) is 7.11 Å². The monoisotopic (exact) mass is 283 g/mol. The number of hydrogen-bond donors (Lipinski definition) is 1. The fraction of sp³-hybridized carbons (Fsp3) is 0.389. The molecule has 3 nitrogen and oxygen atoms in total. The molecule has 2 aromatic carbocycles. The predicted molar refractivity (Wildman–Crippen MR) is 84.7 cm³/mol. The molecule has 1 aliphatic rings. The summed E-state index contributed by atoms with van der Waals surface area (Å²) in [6.45, 7) is 2.03. The van der Waals surface area contributed by atoms with E-state index in [1.807, 2.05) is 13.0 Å². The number of benzene rings is 2. The van der Waals surface area contributed by atoms with Gasteiger partial charge in [0.15, 0.2) is 0 Å². The van der Waals surface area contributed by atoms with Crippen molar-refractivity contribution in [2.45, 2.75) is 38.6 Å². The molecule has 0 unspecified atom stereocenters. The van der Waals surface area contributed by atoms with Crippen LogP contribution >= 0.6 is 0 Å². The molecule has 1 atom stereocenters. The van der Waals surface area contributed by atoms with Gasteiger partial charge < -0.3 is 10.1 Å². The fourth-order valence-electron chi connectivity index (χ4n) is 3.29. The Bertz CT molecular complexity index is 678. The molecule has 0 aliphatic heterocycles. The Kier molecular flexibility index (Phi) is 3.82. The molecular formula is C18H21NO2. The van der Waals surface area contributed by atoms with Gasteiger partial charge >= 0.3 is 0 Å². The lowest BCUT2D eigenvalue weighted by molar-refractivity contribution is -0.121. The summed E-state index contributed by atoms with van der Waals surface area (Å²) in [4.78, 5) is 11.9. The number of carbonyl (C=O) groups excluding carboxylic acids is 1. The minimum Gasteiger partial charge on any atom is -0.496 e. The van der Waals surface area contributed by atoms with E-state index in [9.17, 15) is 4.79 Å². The van der Waals surface area contributed by atoms with Crippen LogP contribution in [0.5, 0.6) is 5.75 Å². The highest BCUT2D eigenvalue weighted by Crippen LogP contribution is 2.35. The second-order valence-electron chi connectivity index (χ2n) is 5.68. The Hall–Kier alpha value is -2.03. The summed E-state index contributed by atoms with van der Waals surface area (Å²) in [5, 5.41) is 5.72. The van der Waals surface area contributed by atoms with Crippen LogP contribution in [0.25, 0.3) is 10.8 Å². The largest absolute Gasteiger partial charge is 0.496 e. The van der Waals surface area contributed by atoms with Crippen LogP contribution in [-0.2, 0) is 17.6 Å². The Balaban J connectivity index is 1.97. The summed E-state index contributed by atoms with van der Waals surface area (Å²) >= 11 is 0. The Morgan fingerprint density at radius 1 is 1.29 bits per heavy atom. The minimum atomic E-state index is 0.146. The van der Waals surface area contributed by atoms with Gasteiger partial charge in [-0.2, -0.15) is 0 Å². The normalized spacial score (nSPS) is 16.8. The molecule has 0 saturated carbocycles. The Morgan fingerprint density at radius 3 is 2.90 bits per heavy atom. The number of carbonyl (C=O) groups is 1. The number of rotatable bonds is 4. The molecule has 21 heavy (non-hydrogen) atoms. The summed E-state index contributed by atoms with van der Waals surface area (Å²) in [6.07, 6.45) is 3.22. The van der Waals surface area contributed by atoms with E-state index in [2.05, 4.69) is 29.6 Å². The molecule has 0 spiro atoms. The Labute approximate surface area is 125 Å². The molecule has 1 N–H and O–H groups in total. The van der Waals surface area contributed by atoms with Crippen LogP contribution in [0.3, 0.4) is 0 Å². The van der Waals surface area contributed by atoms with Gasteiger partial charge in [0.25, 0.3) is 0 Å². The van der Waals surface area contributed by atoms with E-state index in [-0.39, 0.29) is 11.9 Å². The van der Waals surface area contributed by atoms with Gasteiger partial charge in [0, 0.05) is 18.0 Å². The van der Waals surface area contributed by atoms with E-state index < -0.39 is 0 Å². The van der Waals surface area contributed by atoms with Gasteiger partial charge in [-0.25, -0.2) is 0 Å². The van der Waals surface area contributed by atoms with Crippen molar-refractivity contribution in [3.8, 4) is 5.75 Å². The van der Waals surface area contributed by atoms with E-state index in [1.165, 1.54) is 21.9 Å². The van der Waals surface area contributed by atoms with Crippen molar-refractivity contribution in [1.29, 1.82) is 0 Å². The lowest BCUT2D eigenvalue weighted by atomic mass is 9.85. The molecule has 0 bridgehead atoms. The standard InChI is InChI=1S/C18H21NO2/c1-3-5-17(20)19-14-10-13-7-4-6-12-8-9-16(21-2)15(11-14)18(12)13/h4,6-9,14H,3,5,10-11H2,1-2H3,(H,19,20)/t14-/m0/s1.